The first-order chi connectivity index (χ1) is 17.6. The second-order valence-electron chi connectivity index (χ2n) is 8.79. The van der Waals surface area contributed by atoms with Gasteiger partial charge >= 0.3 is 6.09 Å². The Kier molecular flexibility index (Phi) is 11.1. The van der Waals surface area contributed by atoms with Crippen molar-refractivity contribution in [2.45, 2.75) is 44.9 Å². The number of aryl methyl sites for hydroxylation is 1. The Morgan fingerprint density at radius 1 is 1.03 bits per heavy atom. The summed E-state index contributed by atoms with van der Waals surface area (Å²) >= 11 is 0. The van der Waals surface area contributed by atoms with Gasteiger partial charge in [0.2, 0.25) is 11.8 Å². The number of epoxide rings is 1. The fourth-order valence-corrected chi connectivity index (χ4v) is 3.22. The quantitative estimate of drug-likeness (QED) is 0.411. The molecule has 0 aromatic heterocycles. The predicted molar refractivity (Wildman–Crippen MR) is 144 cm³/mol. The Labute approximate surface area is 221 Å². The Morgan fingerprint density at radius 3 is 2.19 bits per heavy atom. The van der Waals surface area contributed by atoms with Crippen LogP contribution >= 0.6 is 0 Å². The van der Waals surface area contributed by atoms with Crippen molar-refractivity contribution in [1.82, 2.24) is 16.0 Å². The number of ketones is 1. The van der Waals surface area contributed by atoms with Crippen LogP contribution in [0.1, 0.15) is 29.3 Å². The maximum atomic E-state index is 12.7. The lowest BCUT2D eigenvalue weighted by Crippen LogP contribution is -2.52. The number of benzene rings is 2. The largest absolute Gasteiger partial charge is 0.497 e. The Hall–Kier alpha value is -3.92. The molecule has 1 saturated heterocycles. The fraction of sp³-hybridized carbons (Fsp3) is 0.407. The number of ether oxygens (including phenoxy) is 3. The lowest BCUT2D eigenvalue weighted by molar-refractivity contribution is -0.131. The number of carbonyl (C=O) groups excluding carboxylic acids is 4. The summed E-state index contributed by atoms with van der Waals surface area (Å²) < 4.78 is 14.6. The lowest BCUT2D eigenvalue weighted by atomic mass is 9.95. The molecule has 3 rings (SSSR count). The third-order valence-corrected chi connectivity index (χ3v) is 5.63. The highest BCUT2D eigenvalue weighted by atomic mass is 16.6. The fourth-order valence-electron chi connectivity index (χ4n) is 3.22. The number of rotatable bonds is 10. The normalized spacial score (nSPS) is 17.1. The number of alkyl carbamates (subject to hydrolysis) is 1. The molecule has 1 heterocycles. The summed E-state index contributed by atoms with van der Waals surface area (Å²) in [5, 5.41) is 7.37. The maximum Gasteiger partial charge on any atom is 0.407 e. The molecule has 1 aliphatic rings. The first-order valence-electron chi connectivity index (χ1n) is 11.8. The molecule has 1 aliphatic heterocycles. The maximum absolute atomic E-state index is 12.7. The molecule has 0 aliphatic carbocycles. The highest BCUT2D eigenvalue weighted by Crippen LogP contribution is 2.29. The minimum absolute atomic E-state index is 0. The number of Topliss-reactive ketones (excluding diaryl/α,β-unsaturated/α-hetero) is 1. The van der Waals surface area contributed by atoms with Gasteiger partial charge in [0.15, 0.2) is 5.78 Å². The number of methoxy groups -OCH3 is 2. The van der Waals surface area contributed by atoms with Gasteiger partial charge in [-0.15, -0.1) is 0 Å². The number of nitrogens with one attached hydrogen (secondary N) is 3. The van der Waals surface area contributed by atoms with Crippen molar-refractivity contribution >= 4 is 23.7 Å². The van der Waals surface area contributed by atoms with Crippen molar-refractivity contribution in [3.8, 4) is 5.75 Å². The Morgan fingerprint density at radius 2 is 1.65 bits per heavy atom. The van der Waals surface area contributed by atoms with Gasteiger partial charge in [-0.05, 0) is 44.9 Å². The smallest absolute Gasteiger partial charge is 0.407 e. The molecule has 37 heavy (non-hydrogen) atoms. The molecule has 3 amide bonds. The summed E-state index contributed by atoms with van der Waals surface area (Å²) in [6.45, 7) is 5.18. The van der Waals surface area contributed by atoms with Crippen LogP contribution in [0.3, 0.4) is 0 Å². The van der Waals surface area contributed by atoms with Gasteiger partial charge in [-0.25, -0.2) is 4.79 Å². The summed E-state index contributed by atoms with van der Waals surface area (Å²) in [7, 11) is 2.85. The van der Waals surface area contributed by atoms with E-state index in [9.17, 15) is 19.2 Å². The second-order valence-corrected chi connectivity index (χ2v) is 8.79. The zero-order chi connectivity index (χ0) is 27.4. The van der Waals surface area contributed by atoms with E-state index in [1.807, 2.05) is 54.6 Å². The molecule has 10 nitrogen and oxygen atoms in total. The van der Waals surface area contributed by atoms with Crippen LogP contribution in [0.5, 0.6) is 5.75 Å². The molecule has 2 aromatic rings. The molecule has 0 bridgehead atoms. The van der Waals surface area contributed by atoms with E-state index < -0.39 is 35.6 Å². The Balaban J connectivity index is 0. The predicted octanol–water partition coefficient (Wildman–Crippen LogP) is 2.67. The Bertz CT molecular complexity index is 1070. The molecule has 10 heteroatoms. The van der Waals surface area contributed by atoms with Crippen molar-refractivity contribution in [3.05, 3.63) is 65.7 Å². The van der Waals surface area contributed by atoms with Crippen LogP contribution in [0.25, 0.3) is 0 Å². The van der Waals surface area contributed by atoms with E-state index in [1.165, 1.54) is 19.6 Å². The molecular formula is C27H41N3O7. The first kappa shape index (κ1) is 29.3. The SMILES string of the molecule is COC(=O)N[C@H](C)C(=O)NCC(=O)N[C@@H](Cc1ccccc1)C(=O)[C@@]1(C)CO1.COc1ccc(C)cc1.[HH].[HH].[HH]. The lowest BCUT2D eigenvalue weighted by Gasteiger charge is -2.20. The minimum atomic E-state index is -0.880. The summed E-state index contributed by atoms with van der Waals surface area (Å²) in [6.07, 6.45) is -0.434. The van der Waals surface area contributed by atoms with Gasteiger partial charge in [-0.3, -0.25) is 14.4 Å². The average Bonchev–Trinajstić information content (AvgIpc) is 3.66. The number of amides is 3. The van der Waals surface area contributed by atoms with Crippen molar-refractivity contribution in [3.63, 3.8) is 0 Å². The van der Waals surface area contributed by atoms with Crippen LogP contribution < -0.4 is 20.7 Å². The zero-order valence-corrected chi connectivity index (χ0v) is 21.8. The van der Waals surface area contributed by atoms with Crippen LogP contribution in [0, 0.1) is 6.92 Å². The van der Waals surface area contributed by atoms with Gasteiger partial charge in [-0.1, -0.05) is 48.0 Å². The summed E-state index contributed by atoms with van der Waals surface area (Å²) in [4.78, 5) is 48.0. The monoisotopic (exact) mass is 519 g/mol. The van der Waals surface area contributed by atoms with E-state index in [1.54, 1.807) is 14.0 Å². The standard InChI is InChI=1S/C19H25N3O6.C8H10O.3H2/c1-12(21-18(26)27-3)17(25)20-10-15(23)22-14(16(24)19(2)11-28-19)9-13-7-5-4-6-8-13;1-7-3-5-8(9-2)6-4-7;;;/h4-8,12,14H,9-11H2,1-3H3,(H,20,25)(H,21,26)(H,22,23);3-6H,1-2H3;3*1H/t12-,14+,19-;;;;/m1..../s1. The van der Waals surface area contributed by atoms with Gasteiger partial charge in [0.1, 0.15) is 17.4 Å². The van der Waals surface area contributed by atoms with E-state index in [2.05, 4.69) is 27.6 Å². The van der Waals surface area contributed by atoms with Gasteiger partial charge in [0.05, 0.1) is 33.4 Å². The van der Waals surface area contributed by atoms with Gasteiger partial charge in [0.25, 0.3) is 0 Å². The number of carbonyl (C=O) groups is 4. The van der Waals surface area contributed by atoms with E-state index in [0.717, 1.165) is 11.3 Å². The van der Waals surface area contributed by atoms with Crippen molar-refractivity contribution < 1.29 is 37.7 Å². The van der Waals surface area contributed by atoms with Crippen molar-refractivity contribution in [1.29, 1.82) is 0 Å². The van der Waals surface area contributed by atoms with Crippen LogP contribution in [0.4, 0.5) is 4.79 Å². The average molecular weight is 520 g/mol. The van der Waals surface area contributed by atoms with E-state index in [4.69, 9.17) is 9.47 Å². The zero-order valence-electron chi connectivity index (χ0n) is 21.8. The first-order valence-corrected chi connectivity index (χ1v) is 11.8. The second kappa shape index (κ2) is 14.0. The number of hydrogen-bond donors (Lipinski definition) is 3. The molecule has 2 aromatic carbocycles. The van der Waals surface area contributed by atoms with Gasteiger partial charge in [0, 0.05) is 4.28 Å². The summed E-state index contributed by atoms with van der Waals surface area (Å²) in [5.74, 6) is -0.363. The molecule has 0 unspecified atom stereocenters. The molecule has 3 N–H and O–H groups in total. The molecule has 0 radical (unpaired) electrons. The van der Waals surface area contributed by atoms with E-state index in [0.29, 0.717) is 13.0 Å². The highest BCUT2D eigenvalue weighted by molar-refractivity contribution is 5.97. The topological polar surface area (TPSA) is 135 Å². The minimum Gasteiger partial charge on any atom is -0.497 e. The third-order valence-electron chi connectivity index (χ3n) is 5.63. The molecule has 1 fully saturated rings. The summed E-state index contributed by atoms with van der Waals surface area (Å²) in [6, 6.07) is 15.6. The van der Waals surface area contributed by atoms with Crippen LogP contribution in [0.2, 0.25) is 0 Å². The third kappa shape index (κ3) is 9.92. The van der Waals surface area contributed by atoms with Gasteiger partial charge in [-0.2, -0.15) is 0 Å². The molecule has 0 saturated carbocycles. The van der Waals surface area contributed by atoms with E-state index in [-0.39, 0.29) is 16.6 Å². The number of hydrogen-bond acceptors (Lipinski definition) is 7. The van der Waals surface area contributed by atoms with Crippen LogP contribution in [0.15, 0.2) is 54.6 Å². The van der Waals surface area contributed by atoms with Crippen molar-refractivity contribution in [2.75, 3.05) is 27.4 Å². The molecular weight excluding hydrogens is 478 g/mol. The summed E-state index contributed by atoms with van der Waals surface area (Å²) in [5.41, 5.74) is 1.27. The van der Waals surface area contributed by atoms with E-state index >= 15 is 0 Å². The van der Waals surface area contributed by atoms with Crippen LogP contribution in [-0.2, 0) is 30.3 Å². The van der Waals surface area contributed by atoms with Gasteiger partial charge < -0.3 is 30.2 Å². The highest BCUT2D eigenvalue weighted by Gasteiger charge is 2.50. The van der Waals surface area contributed by atoms with Crippen molar-refractivity contribution in [2.24, 2.45) is 0 Å². The van der Waals surface area contributed by atoms with Crippen LogP contribution in [-0.4, -0.2) is 68.7 Å². The molecule has 3 atom stereocenters. The molecule has 0 spiro atoms. The molecule has 206 valence electrons.